The molecular formula is C17H17ClN2S. The molecule has 0 saturated heterocycles. The van der Waals surface area contributed by atoms with Crippen LogP contribution in [0.5, 0.6) is 0 Å². The molecular weight excluding hydrogens is 300 g/mol. The minimum atomic E-state index is 0.641. The van der Waals surface area contributed by atoms with E-state index in [1.165, 1.54) is 31.8 Å². The molecule has 0 spiro atoms. The van der Waals surface area contributed by atoms with Crippen LogP contribution in [0.15, 0.2) is 52.4 Å². The van der Waals surface area contributed by atoms with Crippen molar-refractivity contribution >= 4 is 34.3 Å². The Morgan fingerprint density at radius 2 is 2.05 bits per heavy atom. The SMILES string of the molecule is Cc1cccc2[nH]cc(Sc3cc(Cl)ccc3CCN)c12. The summed E-state index contributed by atoms with van der Waals surface area (Å²) in [6.07, 6.45) is 2.93. The molecule has 0 unspecified atom stereocenters. The monoisotopic (exact) mass is 316 g/mol. The van der Waals surface area contributed by atoms with Crippen LogP contribution in [0.1, 0.15) is 11.1 Å². The zero-order valence-electron chi connectivity index (χ0n) is 11.8. The largest absolute Gasteiger partial charge is 0.360 e. The predicted molar refractivity (Wildman–Crippen MR) is 91.4 cm³/mol. The highest BCUT2D eigenvalue weighted by Crippen LogP contribution is 2.37. The lowest BCUT2D eigenvalue weighted by Gasteiger charge is -2.09. The maximum atomic E-state index is 6.15. The maximum Gasteiger partial charge on any atom is 0.0468 e. The number of aromatic amines is 1. The molecule has 0 aliphatic heterocycles. The fraction of sp³-hybridized carbons (Fsp3) is 0.176. The standard InChI is InChI=1S/C17H17ClN2S/c1-11-3-2-4-14-17(11)16(10-20-14)21-15-9-13(18)6-5-12(15)7-8-19/h2-6,9-10,20H,7-8,19H2,1H3. The van der Waals surface area contributed by atoms with Crippen LogP contribution in [-0.2, 0) is 6.42 Å². The van der Waals surface area contributed by atoms with Gasteiger partial charge >= 0.3 is 0 Å². The average Bonchev–Trinajstić information content (AvgIpc) is 2.87. The van der Waals surface area contributed by atoms with E-state index in [2.05, 4.69) is 42.4 Å². The quantitative estimate of drug-likeness (QED) is 0.727. The van der Waals surface area contributed by atoms with Gasteiger partial charge < -0.3 is 10.7 Å². The van der Waals surface area contributed by atoms with Crippen molar-refractivity contribution in [2.75, 3.05) is 6.54 Å². The summed E-state index contributed by atoms with van der Waals surface area (Å²) in [7, 11) is 0. The summed E-state index contributed by atoms with van der Waals surface area (Å²) in [6.45, 7) is 2.78. The Morgan fingerprint density at radius 3 is 2.86 bits per heavy atom. The van der Waals surface area contributed by atoms with Gasteiger partial charge in [-0.15, -0.1) is 0 Å². The van der Waals surface area contributed by atoms with E-state index in [9.17, 15) is 0 Å². The second-order valence-electron chi connectivity index (χ2n) is 5.04. The first-order valence-electron chi connectivity index (χ1n) is 6.92. The Hall–Kier alpha value is -1.42. The van der Waals surface area contributed by atoms with Crippen LogP contribution in [0, 0.1) is 6.92 Å². The van der Waals surface area contributed by atoms with Crippen LogP contribution < -0.4 is 5.73 Å². The lowest BCUT2D eigenvalue weighted by Crippen LogP contribution is -2.03. The van der Waals surface area contributed by atoms with E-state index >= 15 is 0 Å². The van der Waals surface area contributed by atoms with Crippen molar-refractivity contribution in [3.63, 3.8) is 0 Å². The topological polar surface area (TPSA) is 41.8 Å². The van der Waals surface area contributed by atoms with Crippen LogP contribution in [0.2, 0.25) is 5.02 Å². The van der Waals surface area contributed by atoms with Crippen molar-refractivity contribution in [2.24, 2.45) is 5.73 Å². The second kappa shape index (κ2) is 6.14. The molecule has 3 rings (SSSR count). The third-order valence-electron chi connectivity index (χ3n) is 3.54. The molecule has 0 amide bonds. The molecule has 0 bridgehead atoms. The molecule has 0 fully saturated rings. The number of hydrogen-bond acceptors (Lipinski definition) is 2. The summed E-state index contributed by atoms with van der Waals surface area (Å²) < 4.78 is 0. The van der Waals surface area contributed by atoms with E-state index in [1.54, 1.807) is 11.8 Å². The minimum absolute atomic E-state index is 0.641. The summed E-state index contributed by atoms with van der Waals surface area (Å²) >= 11 is 7.90. The van der Waals surface area contributed by atoms with Gasteiger partial charge in [0.1, 0.15) is 0 Å². The minimum Gasteiger partial charge on any atom is -0.360 e. The number of nitrogens with two attached hydrogens (primary N) is 1. The number of rotatable bonds is 4. The number of aromatic nitrogens is 1. The number of H-pyrrole nitrogens is 1. The third-order valence-corrected chi connectivity index (χ3v) is 4.92. The number of nitrogens with one attached hydrogen (secondary N) is 1. The first-order chi connectivity index (χ1) is 10.2. The van der Waals surface area contributed by atoms with Gasteiger partial charge in [0.2, 0.25) is 0 Å². The molecule has 3 N–H and O–H groups in total. The summed E-state index contributed by atoms with van der Waals surface area (Å²) in [6, 6.07) is 12.3. The summed E-state index contributed by atoms with van der Waals surface area (Å²) in [5, 5.41) is 2.04. The van der Waals surface area contributed by atoms with Gasteiger partial charge in [0.25, 0.3) is 0 Å². The van der Waals surface area contributed by atoms with E-state index < -0.39 is 0 Å². The molecule has 3 aromatic rings. The molecule has 0 atom stereocenters. The Balaban J connectivity index is 2.04. The van der Waals surface area contributed by atoms with E-state index in [1.807, 2.05) is 12.1 Å². The lowest BCUT2D eigenvalue weighted by molar-refractivity contribution is 0.944. The van der Waals surface area contributed by atoms with Crippen molar-refractivity contribution in [3.05, 3.63) is 58.7 Å². The Bertz CT molecular complexity index is 780. The second-order valence-corrected chi connectivity index (χ2v) is 6.56. The van der Waals surface area contributed by atoms with E-state index in [0.29, 0.717) is 6.54 Å². The first-order valence-corrected chi connectivity index (χ1v) is 8.11. The molecule has 0 aliphatic rings. The van der Waals surface area contributed by atoms with Crippen molar-refractivity contribution in [1.82, 2.24) is 4.98 Å². The summed E-state index contributed by atoms with van der Waals surface area (Å²) in [5.74, 6) is 0. The zero-order chi connectivity index (χ0) is 14.8. The fourth-order valence-electron chi connectivity index (χ4n) is 2.51. The molecule has 21 heavy (non-hydrogen) atoms. The van der Waals surface area contributed by atoms with Crippen molar-refractivity contribution < 1.29 is 0 Å². The van der Waals surface area contributed by atoms with Crippen LogP contribution >= 0.6 is 23.4 Å². The van der Waals surface area contributed by atoms with Gasteiger partial charge in [0, 0.05) is 31.9 Å². The highest BCUT2D eigenvalue weighted by Gasteiger charge is 2.10. The molecule has 4 heteroatoms. The Labute approximate surface area is 133 Å². The van der Waals surface area contributed by atoms with Crippen molar-refractivity contribution in [1.29, 1.82) is 0 Å². The number of fused-ring (bicyclic) bond motifs is 1. The molecule has 0 radical (unpaired) electrons. The molecule has 1 aromatic heterocycles. The summed E-state index contributed by atoms with van der Waals surface area (Å²) in [4.78, 5) is 5.74. The highest BCUT2D eigenvalue weighted by molar-refractivity contribution is 7.99. The van der Waals surface area contributed by atoms with E-state index in [4.69, 9.17) is 17.3 Å². The smallest absolute Gasteiger partial charge is 0.0468 e. The van der Waals surface area contributed by atoms with Crippen molar-refractivity contribution in [2.45, 2.75) is 23.1 Å². The number of hydrogen-bond donors (Lipinski definition) is 2. The van der Waals surface area contributed by atoms with Gasteiger partial charge in [-0.1, -0.05) is 41.6 Å². The molecule has 0 aliphatic carbocycles. The van der Waals surface area contributed by atoms with Crippen LogP contribution in [0.25, 0.3) is 10.9 Å². The molecule has 1 heterocycles. The van der Waals surface area contributed by atoms with Crippen molar-refractivity contribution in [3.8, 4) is 0 Å². The van der Waals surface area contributed by atoms with Crippen LogP contribution in [-0.4, -0.2) is 11.5 Å². The van der Waals surface area contributed by atoms with Crippen LogP contribution in [0.3, 0.4) is 0 Å². The molecule has 108 valence electrons. The number of halogens is 1. The van der Waals surface area contributed by atoms with E-state index in [-0.39, 0.29) is 0 Å². The van der Waals surface area contributed by atoms with Gasteiger partial charge in [-0.2, -0.15) is 0 Å². The predicted octanol–water partition coefficient (Wildman–Crippen LogP) is 4.78. The van der Waals surface area contributed by atoms with Gasteiger partial charge in [0.15, 0.2) is 0 Å². The number of benzene rings is 2. The number of aryl methyl sites for hydroxylation is 1. The van der Waals surface area contributed by atoms with Crippen LogP contribution in [0.4, 0.5) is 0 Å². The molecule has 2 aromatic carbocycles. The lowest BCUT2D eigenvalue weighted by atomic mass is 10.1. The maximum absolute atomic E-state index is 6.15. The summed E-state index contributed by atoms with van der Waals surface area (Å²) in [5.41, 5.74) is 9.40. The average molecular weight is 317 g/mol. The molecule has 0 saturated carbocycles. The van der Waals surface area contributed by atoms with E-state index in [0.717, 1.165) is 11.4 Å². The zero-order valence-corrected chi connectivity index (χ0v) is 13.4. The van der Waals surface area contributed by atoms with Gasteiger partial charge in [-0.05, 0) is 49.2 Å². The van der Waals surface area contributed by atoms with Gasteiger partial charge in [-0.25, -0.2) is 0 Å². The fourth-order valence-corrected chi connectivity index (χ4v) is 3.97. The third kappa shape index (κ3) is 2.95. The Kier molecular flexibility index (Phi) is 4.24. The highest BCUT2D eigenvalue weighted by atomic mass is 35.5. The van der Waals surface area contributed by atoms with Gasteiger partial charge in [-0.3, -0.25) is 0 Å². The molecule has 2 nitrogen and oxygen atoms in total. The Morgan fingerprint density at radius 1 is 1.19 bits per heavy atom. The normalized spacial score (nSPS) is 11.2. The van der Waals surface area contributed by atoms with Gasteiger partial charge in [0.05, 0.1) is 0 Å². The first kappa shape index (κ1) is 14.5.